The Morgan fingerprint density at radius 1 is 1.31 bits per heavy atom. The number of carbonyl (C=O) groups is 3. The summed E-state index contributed by atoms with van der Waals surface area (Å²) in [5.41, 5.74) is -0.653. The highest BCUT2D eigenvalue weighted by Crippen LogP contribution is 2.37. The number of aromatic nitrogens is 1. The number of hydrogen-bond acceptors (Lipinski definition) is 4. The van der Waals surface area contributed by atoms with Crippen molar-refractivity contribution in [1.29, 1.82) is 0 Å². The minimum Gasteiger partial charge on any atom is -0.405 e. The lowest BCUT2D eigenvalue weighted by atomic mass is 9.87. The lowest BCUT2D eigenvalue weighted by Crippen LogP contribution is -2.53. The van der Waals surface area contributed by atoms with E-state index in [4.69, 9.17) is 0 Å². The number of halogens is 3. The Hall–Kier alpha value is -3.24. The minimum atomic E-state index is -4.85. The third-order valence-corrected chi connectivity index (χ3v) is 5.39. The summed E-state index contributed by atoms with van der Waals surface area (Å²) in [6.45, 7) is 0.133. The van der Waals surface area contributed by atoms with E-state index >= 15 is 0 Å². The largest absolute Gasteiger partial charge is 0.573 e. The number of amides is 4. The normalized spacial score (nSPS) is 24.0. The molecule has 4 N–H and O–H groups in total. The van der Waals surface area contributed by atoms with Crippen molar-refractivity contribution in [2.75, 3.05) is 6.54 Å². The van der Waals surface area contributed by atoms with Gasteiger partial charge in [0, 0.05) is 23.4 Å². The molecule has 11 heteroatoms. The molecule has 1 spiro atoms. The summed E-state index contributed by atoms with van der Waals surface area (Å²) in [5, 5.41) is 7.70. The van der Waals surface area contributed by atoms with Gasteiger partial charge in [0.1, 0.15) is 17.0 Å². The number of urea groups is 1. The predicted octanol–water partition coefficient (Wildman–Crippen LogP) is 2.17. The van der Waals surface area contributed by atoms with E-state index in [0.29, 0.717) is 18.4 Å². The van der Waals surface area contributed by atoms with Gasteiger partial charge in [-0.1, -0.05) is 12.5 Å². The molecular weight excluding hydrogens is 393 g/mol. The Balaban J connectivity index is 1.49. The number of ether oxygens (including phenoxy) is 1. The average Bonchev–Trinajstić information content (AvgIpc) is 3.30. The van der Waals surface area contributed by atoms with Gasteiger partial charge in [-0.3, -0.25) is 14.9 Å². The summed E-state index contributed by atoms with van der Waals surface area (Å²) < 4.78 is 41.7. The number of carbonyl (C=O) groups excluding carboxylic acids is 3. The summed E-state index contributed by atoms with van der Waals surface area (Å²) in [6.07, 6.45) is -3.00. The minimum absolute atomic E-state index is 0.0604. The fourth-order valence-corrected chi connectivity index (χ4v) is 4.10. The predicted molar refractivity (Wildman–Crippen MR) is 94.1 cm³/mol. The molecule has 0 radical (unpaired) electrons. The Bertz CT molecular complexity index is 1000. The van der Waals surface area contributed by atoms with Crippen molar-refractivity contribution >= 4 is 28.7 Å². The van der Waals surface area contributed by atoms with Gasteiger partial charge in [-0.05, 0) is 31.0 Å². The van der Waals surface area contributed by atoms with Crippen LogP contribution in [0, 0.1) is 5.92 Å². The quantitative estimate of drug-likeness (QED) is 0.579. The number of imide groups is 1. The second kappa shape index (κ2) is 6.68. The van der Waals surface area contributed by atoms with Gasteiger partial charge in [0.2, 0.25) is 0 Å². The zero-order valence-corrected chi connectivity index (χ0v) is 15.0. The molecule has 4 amide bonds. The van der Waals surface area contributed by atoms with Crippen molar-refractivity contribution in [2.24, 2.45) is 5.92 Å². The number of hydrogen-bond donors (Lipinski definition) is 4. The van der Waals surface area contributed by atoms with Crippen molar-refractivity contribution in [1.82, 2.24) is 20.9 Å². The van der Waals surface area contributed by atoms with Gasteiger partial charge in [-0.25, -0.2) is 4.79 Å². The zero-order chi connectivity index (χ0) is 20.8. The molecule has 1 aliphatic carbocycles. The molecular formula is C18H17F3N4O4. The molecule has 2 atom stereocenters. The van der Waals surface area contributed by atoms with Crippen LogP contribution >= 0.6 is 0 Å². The van der Waals surface area contributed by atoms with Crippen molar-refractivity contribution < 1.29 is 32.3 Å². The number of aromatic amines is 1. The number of alkyl halides is 3. The monoisotopic (exact) mass is 410 g/mol. The fourth-order valence-electron chi connectivity index (χ4n) is 4.10. The molecule has 1 saturated heterocycles. The molecule has 2 fully saturated rings. The molecule has 154 valence electrons. The van der Waals surface area contributed by atoms with Crippen LogP contribution in [0.15, 0.2) is 24.3 Å². The van der Waals surface area contributed by atoms with E-state index in [2.05, 4.69) is 25.7 Å². The lowest BCUT2D eigenvalue weighted by Gasteiger charge is -2.28. The van der Waals surface area contributed by atoms with Gasteiger partial charge < -0.3 is 20.4 Å². The first-order valence-corrected chi connectivity index (χ1v) is 8.97. The van der Waals surface area contributed by atoms with Crippen LogP contribution < -0.4 is 20.7 Å². The number of H-pyrrole nitrogens is 1. The second-order valence-corrected chi connectivity index (χ2v) is 7.13. The maximum atomic E-state index is 12.6. The van der Waals surface area contributed by atoms with Gasteiger partial charge in [-0.15, -0.1) is 13.2 Å². The van der Waals surface area contributed by atoms with E-state index in [9.17, 15) is 27.6 Å². The van der Waals surface area contributed by atoms with Crippen LogP contribution in [0.3, 0.4) is 0 Å². The average molecular weight is 410 g/mol. The standard InChI is InChI=1S/C18H17F3N4O4/c19-18(20,21)29-13-5-1-4-11-10(13)7-12(23-11)14(26)22-8-9-3-2-6-17(9)15(27)24-16(28)25-17/h1,4-5,7,9,23H,2-3,6,8H2,(H,22,26)(H2,24,25,27,28). The summed E-state index contributed by atoms with van der Waals surface area (Å²) in [4.78, 5) is 39.0. The molecule has 1 aromatic carbocycles. The summed E-state index contributed by atoms with van der Waals surface area (Å²) >= 11 is 0. The van der Waals surface area contributed by atoms with Crippen LogP contribution in [0.25, 0.3) is 10.9 Å². The van der Waals surface area contributed by atoms with Crippen molar-refractivity contribution in [2.45, 2.75) is 31.2 Å². The Kier molecular flexibility index (Phi) is 4.39. The summed E-state index contributed by atoms with van der Waals surface area (Å²) in [6, 6.07) is 4.79. The molecule has 29 heavy (non-hydrogen) atoms. The number of rotatable bonds is 4. The van der Waals surface area contributed by atoms with Crippen LogP contribution in [0.2, 0.25) is 0 Å². The van der Waals surface area contributed by atoms with Gasteiger partial charge in [-0.2, -0.15) is 0 Å². The third kappa shape index (κ3) is 3.47. The highest BCUT2D eigenvalue weighted by atomic mass is 19.4. The number of benzene rings is 1. The SMILES string of the molecule is O=C1NC(=O)C2(CCCC2CNC(=O)c2cc3c(OC(F)(F)F)cccc3[nH]2)N1. The first-order chi connectivity index (χ1) is 13.7. The van der Waals surface area contributed by atoms with E-state index in [0.717, 1.165) is 12.5 Å². The third-order valence-electron chi connectivity index (χ3n) is 5.39. The van der Waals surface area contributed by atoms with Gasteiger partial charge >= 0.3 is 12.4 Å². The first-order valence-electron chi connectivity index (χ1n) is 8.97. The molecule has 1 aromatic heterocycles. The zero-order valence-electron chi connectivity index (χ0n) is 15.0. The van der Waals surface area contributed by atoms with E-state index in [1.807, 2.05) is 0 Å². The molecule has 1 aliphatic heterocycles. The van der Waals surface area contributed by atoms with Crippen LogP contribution in [0.1, 0.15) is 29.8 Å². The highest BCUT2D eigenvalue weighted by molar-refractivity contribution is 6.07. The maximum absolute atomic E-state index is 12.6. The van der Waals surface area contributed by atoms with Gasteiger partial charge in [0.25, 0.3) is 11.8 Å². The first kappa shape index (κ1) is 19.1. The smallest absolute Gasteiger partial charge is 0.405 e. The Labute approximate surface area is 162 Å². The number of nitrogens with one attached hydrogen (secondary N) is 4. The van der Waals surface area contributed by atoms with Crippen molar-refractivity contribution in [3.8, 4) is 5.75 Å². The van der Waals surface area contributed by atoms with Crippen LogP contribution in [0.4, 0.5) is 18.0 Å². The molecule has 1 saturated carbocycles. The molecule has 2 aliphatic rings. The molecule has 8 nitrogen and oxygen atoms in total. The second-order valence-electron chi connectivity index (χ2n) is 7.13. The van der Waals surface area contributed by atoms with Gasteiger partial charge in [0.05, 0.1) is 0 Å². The van der Waals surface area contributed by atoms with Gasteiger partial charge in [0.15, 0.2) is 0 Å². The highest BCUT2D eigenvalue weighted by Gasteiger charge is 2.54. The Morgan fingerprint density at radius 2 is 2.10 bits per heavy atom. The van der Waals surface area contributed by atoms with E-state index < -0.39 is 35.5 Å². The molecule has 2 heterocycles. The summed E-state index contributed by atoms with van der Waals surface area (Å²) in [5.74, 6) is -1.64. The molecule has 0 bridgehead atoms. The van der Waals surface area contributed by atoms with E-state index in [1.54, 1.807) is 0 Å². The maximum Gasteiger partial charge on any atom is 0.573 e. The van der Waals surface area contributed by atoms with E-state index in [-0.39, 0.29) is 23.5 Å². The van der Waals surface area contributed by atoms with Crippen LogP contribution in [-0.4, -0.2) is 41.3 Å². The van der Waals surface area contributed by atoms with Crippen LogP contribution in [-0.2, 0) is 4.79 Å². The summed E-state index contributed by atoms with van der Waals surface area (Å²) in [7, 11) is 0. The van der Waals surface area contributed by atoms with Crippen LogP contribution in [0.5, 0.6) is 5.75 Å². The van der Waals surface area contributed by atoms with Crippen molar-refractivity contribution in [3.63, 3.8) is 0 Å². The Morgan fingerprint density at radius 3 is 2.79 bits per heavy atom. The van der Waals surface area contributed by atoms with Crippen molar-refractivity contribution in [3.05, 3.63) is 30.0 Å². The number of fused-ring (bicyclic) bond motifs is 1. The van der Waals surface area contributed by atoms with E-state index in [1.165, 1.54) is 18.2 Å². The molecule has 4 rings (SSSR count). The lowest BCUT2D eigenvalue weighted by molar-refractivity contribution is -0.274. The molecule has 2 unspecified atom stereocenters. The molecule has 2 aromatic rings. The topological polar surface area (TPSA) is 112 Å². The fraction of sp³-hybridized carbons (Fsp3) is 0.389.